The van der Waals surface area contributed by atoms with Crippen LogP contribution >= 0.6 is 0 Å². The molecule has 3 N–H and O–H groups in total. The Morgan fingerprint density at radius 2 is 2.00 bits per heavy atom. The Morgan fingerprint density at radius 3 is 2.53 bits per heavy atom. The zero-order chi connectivity index (χ0) is 14.0. The molecule has 5 nitrogen and oxygen atoms in total. The molecule has 106 valence electrons. The van der Waals surface area contributed by atoms with E-state index in [1.54, 1.807) is 4.68 Å². The van der Waals surface area contributed by atoms with Gasteiger partial charge in [0, 0.05) is 19.0 Å². The zero-order valence-electron chi connectivity index (χ0n) is 12.1. The number of carbonyl (C=O) groups is 1. The van der Waals surface area contributed by atoms with Crippen LogP contribution in [-0.2, 0) is 11.8 Å². The van der Waals surface area contributed by atoms with Crippen molar-refractivity contribution in [1.82, 2.24) is 9.78 Å². The topological polar surface area (TPSA) is 72.9 Å². The summed E-state index contributed by atoms with van der Waals surface area (Å²) in [4.78, 5) is 12.2. The summed E-state index contributed by atoms with van der Waals surface area (Å²) in [7, 11) is 1.88. The van der Waals surface area contributed by atoms with Gasteiger partial charge in [-0.1, -0.05) is 19.3 Å². The van der Waals surface area contributed by atoms with E-state index in [0.29, 0.717) is 6.42 Å². The predicted molar refractivity (Wildman–Crippen MR) is 75.9 cm³/mol. The lowest BCUT2D eigenvalue weighted by molar-refractivity contribution is -0.117. The van der Waals surface area contributed by atoms with Gasteiger partial charge in [0.2, 0.25) is 5.91 Å². The SMILES string of the molecule is Cc1nn(C)c(C)c1NC(=O)CC1(N)CCCCC1. The zero-order valence-corrected chi connectivity index (χ0v) is 12.1. The van der Waals surface area contributed by atoms with Crippen molar-refractivity contribution in [3.05, 3.63) is 11.4 Å². The van der Waals surface area contributed by atoms with Gasteiger partial charge in [0.05, 0.1) is 17.1 Å². The van der Waals surface area contributed by atoms with Crippen LogP contribution in [0.1, 0.15) is 49.9 Å². The number of nitrogens with two attached hydrogens (primary N) is 1. The number of aryl methyl sites for hydroxylation is 2. The maximum atomic E-state index is 12.2. The van der Waals surface area contributed by atoms with Crippen LogP contribution in [0, 0.1) is 13.8 Å². The first kappa shape index (κ1) is 14.1. The number of hydrogen-bond donors (Lipinski definition) is 2. The average molecular weight is 264 g/mol. The second-order valence-electron chi connectivity index (χ2n) is 5.82. The number of hydrogen-bond acceptors (Lipinski definition) is 3. The molecule has 1 aliphatic carbocycles. The molecule has 0 saturated heterocycles. The molecule has 5 heteroatoms. The number of nitrogens with zero attached hydrogens (tertiary/aromatic N) is 2. The molecule has 0 unspecified atom stereocenters. The van der Waals surface area contributed by atoms with E-state index in [2.05, 4.69) is 10.4 Å². The molecule has 1 saturated carbocycles. The van der Waals surface area contributed by atoms with Crippen LogP contribution in [-0.4, -0.2) is 21.2 Å². The monoisotopic (exact) mass is 264 g/mol. The Balaban J connectivity index is 2.01. The Bertz CT molecular complexity index is 472. The maximum absolute atomic E-state index is 12.2. The van der Waals surface area contributed by atoms with Crippen LogP contribution in [0.2, 0.25) is 0 Å². The minimum Gasteiger partial charge on any atom is -0.325 e. The van der Waals surface area contributed by atoms with Gasteiger partial charge in [0.15, 0.2) is 0 Å². The number of carbonyl (C=O) groups excluding carboxylic acids is 1. The van der Waals surface area contributed by atoms with Gasteiger partial charge in [-0.15, -0.1) is 0 Å². The van der Waals surface area contributed by atoms with Crippen LogP contribution in [0.3, 0.4) is 0 Å². The fraction of sp³-hybridized carbons (Fsp3) is 0.714. The fourth-order valence-corrected chi connectivity index (χ4v) is 2.89. The summed E-state index contributed by atoms with van der Waals surface area (Å²) in [5.74, 6) is 0.00333. The molecule has 1 fully saturated rings. The van der Waals surface area contributed by atoms with Crippen molar-refractivity contribution in [3.63, 3.8) is 0 Å². The van der Waals surface area contributed by atoms with Crippen LogP contribution in [0.15, 0.2) is 0 Å². The Morgan fingerprint density at radius 1 is 1.37 bits per heavy atom. The third-order valence-corrected chi connectivity index (χ3v) is 4.14. The van der Waals surface area contributed by atoms with Crippen molar-refractivity contribution >= 4 is 11.6 Å². The Hall–Kier alpha value is -1.36. The molecule has 1 amide bonds. The van der Waals surface area contributed by atoms with Crippen LogP contribution in [0.25, 0.3) is 0 Å². The smallest absolute Gasteiger partial charge is 0.226 e. The summed E-state index contributed by atoms with van der Waals surface area (Å²) in [6, 6.07) is 0. The highest BCUT2D eigenvalue weighted by molar-refractivity contribution is 5.92. The predicted octanol–water partition coefficient (Wildman–Crippen LogP) is 2.03. The van der Waals surface area contributed by atoms with Gasteiger partial charge in [0.25, 0.3) is 0 Å². The lowest BCUT2D eigenvalue weighted by Crippen LogP contribution is -2.44. The molecule has 0 aliphatic heterocycles. The van der Waals surface area contributed by atoms with Crippen molar-refractivity contribution in [2.24, 2.45) is 12.8 Å². The second kappa shape index (κ2) is 5.33. The van der Waals surface area contributed by atoms with Gasteiger partial charge in [-0.05, 0) is 26.7 Å². The highest BCUT2D eigenvalue weighted by Gasteiger charge is 2.30. The van der Waals surface area contributed by atoms with Gasteiger partial charge < -0.3 is 11.1 Å². The van der Waals surface area contributed by atoms with Crippen molar-refractivity contribution in [3.8, 4) is 0 Å². The summed E-state index contributed by atoms with van der Waals surface area (Å²) in [6.07, 6.45) is 5.81. The molecule has 0 aromatic carbocycles. The minimum absolute atomic E-state index is 0.00333. The fourth-order valence-electron chi connectivity index (χ4n) is 2.89. The van der Waals surface area contributed by atoms with Crippen molar-refractivity contribution in [2.45, 2.75) is 57.9 Å². The van der Waals surface area contributed by atoms with E-state index < -0.39 is 0 Å². The number of amides is 1. The van der Waals surface area contributed by atoms with Gasteiger partial charge in [0.1, 0.15) is 0 Å². The maximum Gasteiger partial charge on any atom is 0.226 e. The van der Waals surface area contributed by atoms with E-state index in [4.69, 9.17) is 5.73 Å². The van der Waals surface area contributed by atoms with E-state index >= 15 is 0 Å². The van der Waals surface area contributed by atoms with Gasteiger partial charge in [-0.2, -0.15) is 5.10 Å². The molecular formula is C14H24N4O. The molecule has 1 aromatic rings. The molecule has 1 aliphatic rings. The standard InChI is InChI=1S/C14H24N4O/c1-10-13(11(2)18(3)17-10)16-12(19)9-14(15)7-5-4-6-8-14/h4-9,15H2,1-3H3,(H,16,19). The van der Waals surface area contributed by atoms with Crippen LogP contribution in [0.4, 0.5) is 5.69 Å². The first-order valence-electron chi connectivity index (χ1n) is 7.00. The third kappa shape index (κ3) is 3.15. The number of aromatic nitrogens is 2. The lowest BCUT2D eigenvalue weighted by atomic mass is 9.80. The molecular weight excluding hydrogens is 240 g/mol. The van der Waals surface area contributed by atoms with E-state index in [9.17, 15) is 4.79 Å². The van der Waals surface area contributed by atoms with Gasteiger partial charge in [-0.25, -0.2) is 0 Å². The second-order valence-corrected chi connectivity index (χ2v) is 5.82. The first-order chi connectivity index (χ1) is 8.91. The minimum atomic E-state index is -0.313. The van der Waals surface area contributed by atoms with E-state index in [1.807, 2.05) is 20.9 Å². The molecule has 1 heterocycles. The molecule has 0 atom stereocenters. The third-order valence-electron chi connectivity index (χ3n) is 4.14. The summed E-state index contributed by atoms with van der Waals surface area (Å²) >= 11 is 0. The molecule has 0 radical (unpaired) electrons. The molecule has 2 rings (SSSR count). The molecule has 19 heavy (non-hydrogen) atoms. The van der Waals surface area contributed by atoms with E-state index in [1.165, 1.54) is 6.42 Å². The Kier molecular flexibility index (Phi) is 3.94. The first-order valence-corrected chi connectivity index (χ1v) is 7.00. The Labute approximate surface area is 114 Å². The normalized spacial score (nSPS) is 18.3. The largest absolute Gasteiger partial charge is 0.325 e. The summed E-state index contributed by atoms with van der Waals surface area (Å²) < 4.78 is 1.78. The van der Waals surface area contributed by atoms with Gasteiger partial charge >= 0.3 is 0 Å². The van der Waals surface area contributed by atoms with E-state index in [-0.39, 0.29) is 11.4 Å². The summed E-state index contributed by atoms with van der Waals surface area (Å²) in [5.41, 5.74) is 8.65. The van der Waals surface area contributed by atoms with Crippen LogP contribution < -0.4 is 11.1 Å². The number of rotatable bonds is 3. The summed E-state index contributed by atoms with van der Waals surface area (Å²) in [6.45, 7) is 3.86. The van der Waals surface area contributed by atoms with E-state index in [0.717, 1.165) is 42.8 Å². The van der Waals surface area contributed by atoms with Crippen molar-refractivity contribution in [2.75, 3.05) is 5.32 Å². The molecule has 0 spiro atoms. The summed E-state index contributed by atoms with van der Waals surface area (Å²) in [5, 5.41) is 7.27. The van der Waals surface area contributed by atoms with Gasteiger partial charge in [-0.3, -0.25) is 9.48 Å². The molecule has 0 bridgehead atoms. The number of anilines is 1. The highest BCUT2D eigenvalue weighted by Crippen LogP contribution is 2.29. The van der Waals surface area contributed by atoms with Crippen LogP contribution in [0.5, 0.6) is 0 Å². The quantitative estimate of drug-likeness (QED) is 0.877. The van der Waals surface area contributed by atoms with Crippen molar-refractivity contribution < 1.29 is 4.79 Å². The lowest BCUT2D eigenvalue weighted by Gasteiger charge is -2.32. The van der Waals surface area contributed by atoms with Crippen molar-refractivity contribution in [1.29, 1.82) is 0 Å². The average Bonchev–Trinajstić information content (AvgIpc) is 2.56. The number of nitrogens with one attached hydrogen (secondary N) is 1. The highest BCUT2D eigenvalue weighted by atomic mass is 16.1. The molecule has 1 aromatic heterocycles.